The molecule has 5 heteroatoms. The molecule has 1 N–H and O–H groups in total. The Kier molecular flexibility index (Phi) is 3.35. The molecular formula is C18H19N3O2. The molecule has 4 rings (SSSR count). The number of benzene rings is 1. The van der Waals surface area contributed by atoms with Gasteiger partial charge in [0.15, 0.2) is 0 Å². The van der Waals surface area contributed by atoms with Gasteiger partial charge in [0.25, 0.3) is 0 Å². The maximum atomic E-state index is 12.4. The van der Waals surface area contributed by atoms with Crippen LogP contribution in [0, 0.1) is 24.2 Å². The highest BCUT2D eigenvalue weighted by Crippen LogP contribution is 2.38. The molecule has 3 atom stereocenters. The number of aromatic nitrogens is 1. The standard InChI is InChI=1S/C18H19N3O2/c1-11-14(9-19)12-4-2-3-5-16(12)21(11)10-18(22)20-15-8-17-13(15)6-7-23-17/h2-5,13,15,17H,6-8,10H2,1H3,(H,20,22)/t13-,15+,17+/m0/s1. The van der Waals surface area contributed by atoms with Crippen molar-refractivity contribution in [3.63, 3.8) is 0 Å². The van der Waals surface area contributed by atoms with Crippen molar-refractivity contribution >= 4 is 16.8 Å². The molecule has 5 nitrogen and oxygen atoms in total. The van der Waals surface area contributed by atoms with Gasteiger partial charge in [0.05, 0.1) is 17.2 Å². The van der Waals surface area contributed by atoms with Crippen LogP contribution in [0.5, 0.6) is 0 Å². The molecule has 2 fully saturated rings. The second-order valence-electron chi connectivity index (χ2n) is 6.45. The zero-order valence-electron chi connectivity index (χ0n) is 13.1. The van der Waals surface area contributed by atoms with E-state index in [-0.39, 0.29) is 18.5 Å². The predicted molar refractivity (Wildman–Crippen MR) is 85.8 cm³/mol. The number of hydrogen-bond donors (Lipinski definition) is 1. The maximum Gasteiger partial charge on any atom is 0.240 e. The van der Waals surface area contributed by atoms with E-state index in [2.05, 4.69) is 11.4 Å². The van der Waals surface area contributed by atoms with E-state index in [0.717, 1.165) is 36.0 Å². The van der Waals surface area contributed by atoms with Gasteiger partial charge in [-0.25, -0.2) is 0 Å². The molecule has 1 aromatic carbocycles. The number of carbonyl (C=O) groups is 1. The van der Waals surface area contributed by atoms with Crippen molar-refractivity contribution in [2.45, 2.75) is 38.5 Å². The van der Waals surface area contributed by atoms with E-state index in [1.807, 2.05) is 35.8 Å². The fraction of sp³-hybridized carbons (Fsp3) is 0.444. The van der Waals surface area contributed by atoms with Gasteiger partial charge in [-0.05, 0) is 25.8 Å². The molecular weight excluding hydrogens is 290 g/mol. The van der Waals surface area contributed by atoms with Crippen LogP contribution in [-0.4, -0.2) is 29.2 Å². The summed E-state index contributed by atoms with van der Waals surface area (Å²) in [5.41, 5.74) is 2.44. The fourth-order valence-corrected chi connectivity index (χ4v) is 3.94. The van der Waals surface area contributed by atoms with Gasteiger partial charge in [-0.1, -0.05) is 18.2 Å². The number of rotatable bonds is 3. The lowest BCUT2D eigenvalue weighted by Crippen LogP contribution is -2.54. The van der Waals surface area contributed by atoms with E-state index in [0.29, 0.717) is 17.6 Å². The molecule has 23 heavy (non-hydrogen) atoms. The SMILES string of the molecule is Cc1c(C#N)c2ccccc2n1CC(=O)N[C@@H]1C[C@H]2OCC[C@@H]12. The maximum absolute atomic E-state index is 12.4. The first-order valence-electron chi connectivity index (χ1n) is 8.08. The third kappa shape index (κ3) is 2.22. The van der Waals surface area contributed by atoms with E-state index in [9.17, 15) is 10.1 Å². The lowest BCUT2D eigenvalue weighted by molar-refractivity contribution is -0.124. The molecule has 2 aliphatic rings. The lowest BCUT2D eigenvalue weighted by Gasteiger charge is -2.39. The van der Waals surface area contributed by atoms with Crippen LogP contribution >= 0.6 is 0 Å². The quantitative estimate of drug-likeness (QED) is 0.944. The molecule has 0 bridgehead atoms. The largest absolute Gasteiger partial charge is 0.378 e. The summed E-state index contributed by atoms with van der Waals surface area (Å²) < 4.78 is 7.52. The summed E-state index contributed by atoms with van der Waals surface area (Å²) in [4.78, 5) is 12.4. The molecule has 0 radical (unpaired) electrons. The third-order valence-corrected chi connectivity index (χ3v) is 5.25. The van der Waals surface area contributed by atoms with Crippen LogP contribution in [0.2, 0.25) is 0 Å². The number of nitrogens with zero attached hydrogens (tertiary/aromatic N) is 2. The second kappa shape index (κ2) is 5.39. The molecule has 1 aliphatic heterocycles. The van der Waals surface area contributed by atoms with Gasteiger partial charge in [0, 0.05) is 29.6 Å². The first kappa shape index (κ1) is 14.3. The number of nitriles is 1. The average Bonchev–Trinajstić information content (AvgIpc) is 3.04. The van der Waals surface area contributed by atoms with Crippen LogP contribution in [0.25, 0.3) is 10.9 Å². The van der Waals surface area contributed by atoms with Gasteiger partial charge in [0.2, 0.25) is 5.91 Å². The van der Waals surface area contributed by atoms with E-state index < -0.39 is 0 Å². The van der Waals surface area contributed by atoms with Gasteiger partial charge in [-0.15, -0.1) is 0 Å². The highest BCUT2D eigenvalue weighted by molar-refractivity contribution is 5.89. The zero-order valence-corrected chi connectivity index (χ0v) is 13.1. The molecule has 1 saturated heterocycles. The Morgan fingerprint density at radius 3 is 3.09 bits per heavy atom. The molecule has 0 unspecified atom stereocenters. The summed E-state index contributed by atoms with van der Waals surface area (Å²) in [6.07, 6.45) is 2.31. The van der Waals surface area contributed by atoms with E-state index in [1.54, 1.807) is 0 Å². The lowest BCUT2D eigenvalue weighted by atomic mass is 9.76. The first-order chi connectivity index (χ1) is 11.2. The Hall–Kier alpha value is -2.32. The zero-order chi connectivity index (χ0) is 16.0. The van der Waals surface area contributed by atoms with Crippen LogP contribution in [0.3, 0.4) is 0 Å². The highest BCUT2D eigenvalue weighted by atomic mass is 16.5. The van der Waals surface area contributed by atoms with E-state index in [4.69, 9.17) is 4.74 Å². The van der Waals surface area contributed by atoms with Crippen LogP contribution in [0.15, 0.2) is 24.3 Å². The summed E-state index contributed by atoms with van der Waals surface area (Å²) in [6, 6.07) is 10.2. The Morgan fingerprint density at radius 2 is 2.30 bits per heavy atom. The van der Waals surface area contributed by atoms with Crippen molar-refractivity contribution in [3.05, 3.63) is 35.5 Å². The van der Waals surface area contributed by atoms with E-state index in [1.165, 1.54) is 0 Å². The van der Waals surface area contributed by atoms with Gasteiger partial charge in [0.1, 0.15) is 12.6 Å². The third-order valence-electron chi connectivity index (χ3n) is 5.25. The number of carbonyl (C=O) groups excluding carboxylic acids is 1. The number of fused-ring (bicyclic) bond motifs is 2. The van der Waals surface area contributed by atoms with Crippen molar-refractivity contribution in [2.75, 3.05) is 6.61 Å². The molecule has 1 aromatic heterocycles. The van der Waals surface area contributed by atoms with Crippen LogP contribution in [-0.2, 0) is 16.1 Å². The number of ether oxygens (including phenoxy) is 1. The Morgan fingerprint density at radius 1 is 1.48 bits per heavy atom. The van der Waals surface area contributed by atoms with Crippen molar-refractivity contribution in [1.29, 1.82) is 5.26 Å². The van der Waals surface area contributed by atoms with Crippen LogP contribution in [0.1, 0.15) is 24.1 Å². The van der Waals surface area contributed by atoms with Crippen molar-refractivity contribution in [1.82, 2.24) is 9.88 Å². The van der Waals surface area contributed by atoms with Crippen molar-refractivity contribution in [2.24, 2.45) is 5.92 Å². The monoisotopic (exact) mass is 309 g/mol. The van der Waals surface area contributed by atoms with Crippen LogP contribution in [0.4, 0.5) is 0 Å². The van der Waals surface area contributed by atoms with Crippen molar-refractivity contribution in [3.8, 4) is 6.07 Å². The van der Waals surface area contributed by atoms with Crippen LogP contribution < -0.4 is 5.32 Å². The van der Waals surface area contributed by atoms with E-state index >= 15 is 0 Å². The first-order valence-corrected chi connectivity index (χ1v) is 8.08. The average molecular weight is 309 g/mol. The molecule has 2 aromatic rings. The van der Waals surface area contributed by atoms with Gasteiger partial charge >= 0.3 is 0 Å². The number of para-hydroxylation sites is 1. The second-order valence-corrected chi connectivity index (χ2v) is 6.45. The molecule has 2 heterocycles. The van der Waals surface area contributed by atoms with Gasteiger partial charge in [-0.3, -0.25) is 4.79 Å². The number of nitrogens with one attached hydrogen (secondary N) is 1. The minimum Gasteiger partial charge on any atom is -0.378 e. The summed E-state index contributed by atoms with van der Waals surface area (Å²) >= 11 is 0. The normalized spacial score (nSPS) is 25.7. The Labute approximate surface area is 134 Å². The topological polar surface area (TPSA) is 67.0 Å². The number of hydrogen-bond acceptors (Lipinski definition) is 3. The Bertz CT molecular complexity index is 818. The van der Waals surface area contributed by atoms with Gasteiger partial charge < -0.3 is 14.6 Å². The number of amides is 1. The predicted octanol–water partition coefficient (Wildman–Crippen LogP) is 2.11. The van der Waals surface area contributed by atoms with Crippen molar-refractivity contribution < 1.29 is 9.53 Å². The smallest absolute Gasteiger partial charge is 0.240 e. The minimum absolute atomic E-state index is 0.00805. The molecule has 1 saturated carbocycles. The Balaban J connectivity index is 1.55. The fourth-order valence-electron chi connectivity index (χ4n) is 3.94. The minimum atomic E-state index is 0.00805. The summed E-state index contributed by atoms with van der Waals surface area (Å²) in [6.45, 7) is 2.97. The molecule has 118 valence electrons. The summed E-state index contributed by atoms with van der Waals surface area (Å²) in [7, 11) is 0. The molecule has 0 spiro atoms. The summed E-state index contributed by atoms with van der Waals surface area (Å²) in [5.74, 6) is 0.491. The van der Waals surface area contributed by atoms with Gasteiger partial charge in [-0.2, -0.15) is 5.26 Å². The highest BCUT2D eigenvalue weighted by Gasteiger charge is 2.45. The molecule has 1 amide bonds. The summed E-state index contributed by atoms with van der Waals surface area (Å²) in [5, 5.41) is 13.4. The molecule has 1 aliphatic carbocycles.